The van der Waals surface area contributed by atoms with E-state index in [9.17, 15) is 14.7 Å². The van der Waals surface area contributed by atoms with Gasteiger partial charge in [-0.25, -0.2) is 4.79 Å². The molecule has 0 radical (unpaired) electrons. The Bertz CT molecular complexity index is 1380. The maximum atomic E-state index is 12.3. The molecule has 1 fully saturated rings. The average Bonchev–Trinajstić information content (AvgIpc) is 3.15. The Morgan fingerprint density at radius 1 is 1.09 bits per heavy atom. The second-order valence-electron chi connectivity index (χ2n) is 8.73. The number of carbonyl (C=O) groups is 1. The summed E-state index contributed by atoms with van der Waals surface area (Å²) in [5.74, 6) is -0.822. The highest BCUT2D eigenvalue weighted by Gasteiger charge is 2.33. The molecular weight excluding hydrogens is 432 g/mol. The molecular formula is C26H28N4O4. The molecule has 2 aromatic heterocycles. The summed E-state index contributed by atoms with van der Waals surface area (Å²) in [5.41, 5.74) is 3.69. The van der Waals surface area contributed by atoms with Crippen LogP contribution in [0.15, 0.2) is 63.8 Å². The van der Waals surface area contributed by atoms with Crippen molar-refractivity contribution in [2.45, 2.75) is 13.0 Å². The Kier molecular flexibility index (Phi) is 6.08. The first-order valence-electron chi connectivity index (χ1n) is 11.5. The lowest BCUT2D eigenvalue weighted by atomic mass is 10.0. The lowest BCUT2D eigenvalue weighted by Crippen LogP contribution is -2.50. The number of aromatic nitrogens is 1. The van der Waals surface area contributed by atoms with Crippen molar-refractivity contribution < 1.29 is 14.3 Å². The van der Waals surface area contributed by atoms with Crippen LogP contribution in [-0.2, 0) is 4.79 Å². The summed E-state index contributed by atoms with van der Waals surface area (Å²) >= 11 is 0. The molecule has 4 aromatic rings. The van der Waals surface area contributed by atoms with E-state index in [1.54, 1.807) is 6.07 Å². The van der Waals surface area contributed by atoms with Crippen molar-refractivity contribution in [2.75, 3.05) is 44.6 Å². The third-order valence-corrected chi connectivity index (χ3v) is 6.62. The fourth-order valence-electron chi connectivity index (χ4n) is 4.96. The molecule has 0 aliphatic carbocycles. The Labute approximate surface area is 196 Å². The van der Waals surface area contributed by atoms with Crippen molar-refractivity contribution in [1.82, 2.24) is 14.8 Å². The van der Waals surface area contributed by atoms with E-state index in [1.165, 1.54) is 6.07 Å². The minimum atomic E-state index is -0.822. The predicted octanol–water partition coefficient (Wildman–Crippen LogP) is 3.44. The van der Waals surface area contributed by atoms with Crippen molar-refractivity contribution in [2.24, 2.45) is 0 Å². The third-order valence-electron chi connectivity index (χ3n) is 6.62. The Morgan fingerprint density at radius 2 is 1.79 bits per heavy atom. The van der Waals surface area contributed by atoms with Gasteiger partial charge in [-0.1, -0.05) is 30.3 Å². The zero-order valence-electron chi connectivity index (χ0n) is 19.1. The van der Waals surface area contributed by atoms with E-state index in [1.807, 2.05) is 49.4 Å². The molecule has 34 heavy (non-hydrogen) atoms. The van der Waals surface area contributed by atoms with Crippen LogP contribution in [-0.4, -0.2) is 65.1 Å². The number of aromatic amines is 1. The predicted molar refractivity (Wildman–Crippen MR) is 132 cm³/mol. The minimum Gasteiger partial charge on any atom is -0.480 e. The molecule has 0 amide bonds. The fourth-order valence-corrected chi connectivity index (χ4v) is 4.96. The number of anilines is 1. The molecule has 8 nitrogen and oxygen atoms in total. The van der Waals surface area contributed by atoms with E-state index in [0.29, 0.717) is 25.2 Å². The van der Waals surface area contributed by atoms with Crippen molar-refractivity contribution in [3.63, 3.8) is 0 Å². The Balaban J connectivity index is 1.23. The van der Waals surface area contributed by atoms with E-state index in [0.717, 1.165) is 52.9 Å². The number of benzene rings is 2. The lowest BCUT2D eigenvalue weighted by molar-refractivity contribution is -0.144. The molecule has 0 spiro atoms. The molecule has 8 heteroatoms. The van der Waals surface area contributed by atoms with Crippen LogP contribution in [0.5, 0.6) is 0 Å². The van der Waals surface area contributed by atoms with Gasteiger partial charge in [0.2, 0.25) is 0 Å². The molecule has 5 rings (SSSR count). The van der Waals surface area contributed by atoms with Crippen molar-refractivity contribution >= 4 is 33.5 Å². The number of piperazine rings is 1. The van der Waals surface area contributed by atoms with Gasteiger partial charge in [-0.2, -0.15) is 0 Å². The van der Waals surface area contributed by atoms with Gasteiger partial charge in [0.05, 0.1) is 5.69 Å². The number of hydrogen-bond donors (Lipinski definition) is 3. The molecule has 3 N–H and O–H groups in total. The molecule has 1 atom stereocenters. The molecule has 1 aliphatic rings. The quantitative estimate of drug-likeness (QED) is 0.363. The summed E-state index contributed by atoms with van der Waals surface area (Å²) in [4.78, 5) is 31.9. The number of aliphatic carboxylic acids is 1. The summed E-state index contributed by atoms with van der Waals surface area (Å²) in [5, 5.41) is 15.3. The molecule has 0 unspecified atom stereocenters. The monoisotopic (exact) mass is 460 g/mol. The third kappa shape index (κ3) is 4.30. The largest absolute Gasteiger partial charge is 0.480 e. The van der Waals surface area contributed by atoms with Crippen LogP contribution in [0.4, 0.5) is 5.69 Å². The average molecular weight is 461 g/mol. The number of carboxylic acids is 1. The van der Waals surface area contributed by atoms with Crippen LogP contribution < -0.4 is 10.9 Å². The van der Waals surface area contributed by atoms with Gasteiger partial charge >= 0.3 is 11.6 Å². The van der Waals surface area contributed by atoms with Crippen LogP contribution in [0.3, 0.4) is 0 Å². The number of fused-ring (bicyclic) bond motifs is 2. The maximum absolute atomic E-state index is 12.3. The number of para-hydroxylation sites is 2. The normalized spacial score (nSPS) is 16.1. The number of aryl methyl sites for hydroxylation is 1. The highest BCUT2D eigenvalue weighted by atomic mass is 16.4. The van der Waals surface area contributed by atoms with E-state index < -0.39 is 12.0 Å². The van der Waals surface area contributed by atoms with Gasteiger partial charge in [-0.05, 0) is 25.1 Å². The van der Waals surface area contributed by atoms with Gasteiger partial charge in [0.15, 0.2) is 0 Å². The number of rotatable bonds is 7. The highest BCUT2D eigenvalue weighted by Crippen LogP contribution is 2.32. The smallest absolute Gasteiger partial charge is 0.338 e. The number of H-pyrrole nitrogens is 1. The summed E-state index contributed by atoms with van der Waals surface area (Å²) in [7, 11) is 0. The second-order valence-corrected chi connectivity index (χ2v) is 8.73. The SMILES string of the molecule is Cc1[nH]c2ccccc2c1[C@H](C(=O)O)N1CCN(CCNc2cc(=O)oc3ccccc23)CC1. The van der Waals surface area contributed by atoms with E-state index in [2.05, 4.69) is 20.1 Å². The highest BCUT2D eigenvalue weighted by molar-refractivity contribution is 5.91. The van der Waals surface area contributed by atoms with Gasteiger partial charge in [-0.3, -0.25) is 14.6 Å². The Morgan fingerprint density at radius 3 is 2.56 bits per heavy atom. The minimum absolute atomic E-state index is 0.373. The van der Waals surface area contributed by atoms with Gasteiger partial charge in [0, 0.05) is 72.9 Å². The van der Waals surface area contributed by atoms with E-state index >= 15 is 0 Å². The van der Waals surface area contributed by atoms with Crippen LogP contribution >= 0.6 is 0 Å². The van der Waals surface area contributed by atoms with Crippen LogP contribution in [0.25, 0.3) is 21.9 Å². The molecule has 3 heterocycles. The van der Waals surface area contributed by atoms with E-state index in [4.69, 9.17) is 4.42 Å². The molecule has 1 aliphatic heterocycles. The zero-order valence-corrected chi connectivity index (χ0v) is 19.1. The molecule has 1 saturated heterocycles. The maximum Gasteiger partial charge on any atom is 0.338 e. The molecule has 2 aromatic carbocycles. The first-order chi connectivity index (χ1) is 16.5. The topological polar surface area (TPSA) is 102 Å². The molecule has 0 saturated carbocycles. The van der Waals surface area contributed by atoms with Crippen LogP contribution in [0, 0.1) is 6.92 Å². The fraction of sp³-hybridized carbons (Fsp3) is 0.308. The van der Waals surface area contributed by atoms with Crippen molar-refractivity contribution in [3.05, 3.63) is 76.3 Å². The first-order valence-corrected chi connectivity index (χ1v) is 11.5. The van der Waals surface area contributed by atoms with Gasteiger partial charge in [0.25, 0.3) is 0 Å². The van der Waals surface area contributed by atoms with Gasteiger partial charge in [-0.15, -0.1) is 0 Å². The summed E-state index contributed by atoms with van der Waals surface area (Å²) in [6, 6.07) is 16.2. The van der Waals surface area contributed by atoms with Crippen LogP contribution in [0.1, 0.15) is 17.3 Å². The lowest BCUT2D eigenvalue weighted by Gasteiger charge is -2.38. The molecule has 0 bridgehead atoms. The standard InChI is InChI=1S/C26H28N4O4/c1-17-24(19-7-2-4-8-20(19)28-17)25(26(32)33)30-14-12-29(13-15-30)11-10-27-21-16-23(31)34-22-9-5-3-6-18(21)22/h2-9,16,25,27-28H,10-15H2,1H3,(H,32,33)/t25-/m1/s1. The Hall–Kier alpha value is -3.62. The number of nitrogens with zero attached hydrogens (tertiary/aromatic N) is 2. The number of hydrogen-bond acceptors (Lipinski definition) is 6. The first kappa shape index (κ1) is 22.2. The summed E-state index contributed by atoms with van der Waals surface area (Å²) in [6.45, 7) is 6.33. The van der Waals surface area contributed by atoms with E-state index in [-0.39, 0.29) is 5.63 Å². The molecule has 176 valence electrons. The second kappa shape index (κ2) is 9.32. The van der Waals surface area contributed by atoms with Crippen LogP contribution in [0.2, 0.25) is 0 Å². The zero-order chi connectivity index (χ0) is 23.7. The van der Waals surface area contributed by atoms with Gasteiger partial charge in [0.1, 0.15) is 11.6 Å². The summed E-state index contributed by atoms with van der Waals surface area (Å²) in [6.07, 6.45) is 0. The number of carboxylic acid groups (broad SMARTS) is 1. The van der Waals surface area contributed by atoms with Crippen molar-refractivity contribution in [1.29, 1.82) is 0 Å². The number of nitrogens with one attached hydrogen (secondary N) is 2. The van der Waals surface area contributed by atoms with Gasteiger partial charge < -0.3 is 19.8 Å². The van der Waals surface area contributed by atoms with Crippen molar-refractivity contribution in [3.8, 4) is 0 Å². The summed E-state index contributed by atoms with van der Waals surface area (Å²) < 4.78 is 5.26.